The first kappa shape index (κ1) is 24.9. The molecular weight excluding hydrogens is 492 g/mol. The zero-order valence-corrected chi connectivity index (χ0v) is 21.7. The summed E-state index contributed by atoms with van der Waals surface area (Å²) in [5, 5.41) is 48.8. The average Bonchev–Trinajstić information content (AvgIpc) is 3.39. The molecule has 4 atom stereocenters. The number of nitrogens with zero attached hydrogens (tertiary/aromatic N) is 4. The highest BCUT2D eigenvalue weighted by molar-refractivity contribution is 7.21. The lowest BCUT2D eigenvalue weighted by molar-refractivity contribution is 0.00446. The van der Waals surface area contributed by atoms with Crippen LogP contribution < -0.4 is 10.6 Å². The zero-order chi connectivity index (χ0) is 25.7. The minimum absolute atomic E-state index is 0.202. The molecule has 3 saturated carbocycles. The van der Waals surface area contributed by atoms with E-state index in [-0.39, 0.29) is 6.61 Å². The highest BCUT2D eigenvalue weighted by Crippen LogP contribution is 2.44. The number of hydrogen-bond acceptors (Lipinski definition) is 11. The Labute approximate surface area is 219 Å². The van der Waals surface area contributed by atoms with Crippen molar-refractivity contribution in [2.24, 2.45) is 5.92 Å². The van der Waals surface area contributed by atoms with Gasteiger partial charge in [0, 0.05) is 31.2 Å². The maximum atomic E-state index is 10.8. The molecule has 0 amide bonds. The molecule has 0 aromatic carbocycles. The summed E-state index contributed by atoms with van der Waals surface area (Å²) in [7, 11) is 0. The molecule has 10 nitrogen and oxygen atoms in total. The maximum Gasteiger partial charge on any atom is 0.225 e. The first-order valence-electron chi connectivity index (χ1n) is 13.2. The zero-order valence-electron chi connectivity index (χ0n) is 20.9. The number of aromatic nitrogens is 4. The van der Waals surface area contributed by atoms with Gasteiger partial charge in [-0.1, -0.05) is 12.8 Å². The molecule has 3 heterocycles. The van der Waals surface area contributed by atoms with Crippen LogP contribution >= 0.6 is 11.3 Å². The third-order valence-electron chi connectivity index (χ3n) is 8.07. The Bertz CT molecular complexity index is 1290. The van der Waals surface area contributed by atoms with Crippen LogP contribution in [0.1, 0.15) is 62.3 Å². The summed E-state index contributed by atoms with van der Waals surface area (Å²) in [6.45, 7) is 2.06. The molecule has 37 heavy (non-hydrogen) atoms. The molecule has 3 aliphatic carbocycles. The fourth-order valence-electron chi connectivity index (χ4n) is 5.73. The van der Waals surface area contributed by atoms with E-state index < -0.39 is 29.8 Å². The van der Waals surface area contributed by atoms with Crippen molar-refractivity contribution in [2.45, 2.75) is 81.6 Å². The molecule has 3 aromatic rings. The smallest absolute Gasteiger partial charge is 0.225 e. The van der Waals surface area contributed by atoms with E-state index in [1.54, 1.807) is 11.3 Å². The molecule has 0 saturated heterocycles. The van der Waals surface area contributed by atoms with E-state index in [1.165, 1.54) is 0 Å². The Morgan fingerprint density at radius 3 is 2.59 bits per heavy atom. The first-order valence-corrected chi connectivity index (χ1v) is 14.0. The third-order valence-corrected chi connectivity index (χ3v) is 9.11. The van der Waals surface area contributed by atoms with Crippen LogP contribution in [0.4, 0.5) is 11.8 Å². The topological polar surface area (TPSA) is 157 Å². The second kappa shape index (κ2) is 9.70. The minimum Gasteiger partial charge on any atom is -0.396 e. The number of pyridine rings is 1. The minimum atomic E-state index is -1.04. The van der Waals surface area contributed by atoms with Crippen LogP contribution in [0.5, 0.6) is 0 Å². The summed E-state index contributed by atoms with van der Waals surface area (Å²) >= 11 is 1.56. The molecule has 6 N–H and O–H groups in total. The van der Waals surface area contributed by atoms with Crippen LogP contribution in [0.15, 0.2) is 12.3 Å². The van der Waals surface area contributed by atoms with Crippen molar-refractivity contribution in [1.29, 1.82) is 0 Å². The summed E-state index contributed by atoms with van der Waals surface area (Å²) in [5.74, 6) is 0.940. The molecule has 0 radical (unpaired) electrons. The van der Waals surface area contributed by atoms with Gasteiger partial charge in [-0.2, -0.15) is 4.98 Å². The number of nitrogens with one attached hydrogen (secondary N) is 2. The second-order valence-electron chi connectivity index (χ2n) is 10.9. The molecule has 3 aliphatic rings. The van der Waals surface area contributed by atoms with Crippen LogP contribution in [-0.4, -0.2) is 77.4 Å². The van der Waals surface area contributed by atoms with Gasteiger partial charge in [0.15, 0.2) is 0 Å². The maximum absolute atomic E-state index is 10.8. The van der Waals surface area contributed by atoms with Gasteiger partial charge in [0.1, 0.15) is 22.4 Å². The summed E-state index contributed by atoms with van der Waals surface area (Å²) in [4.78, 5) is 19.1. The van der Waals surface area contributed by atoms with Gasteiger partial charge in [0.05, 0.1) is 39.4 Å². The first-order chi connectivity index (χ1) is 17.8. The number of anilines is 2. The number of aliphatic hydroxyl groups is 4. The van der Waals surface area contributed by atoms with E-state index in [4.69, 9.17) is 15.0 Å². The fraction of sp³-hybridized carbons (Fsp3) is 0.615. The number of rotatable bonds is 8. The normalized spacial score (nSPS) is 27.2. The Balaban J connectivity index is 1.37. The molecule has 3 fully saturated rings. The lowest BCUT2D eigenvalue weighted by atomic mass is 10.0. The van der Waals surface area contributed by atoms with E-state index in [0.717, 1.165) is 65.0 Å². The van der Waals surface area contributed by atoms with E-state index in [9.17, 15) is 20.4 Å². The molecule has 0 bridgehead atoms. The lowest BCUT2D eigenvalue weighted by Crippen LogP contribution is -2.36. The Kier molecular flexibility index (Phi) is 6.52. The van der Waals surface area contributed by atoms with E-state index in [0.29, 0.717) is 36.3 Å². The Morgan fingerprint density at radius 2 is 1.89 bits per heavy atom. The molecule has 0 unspecified atom stereocenters. The molecule has 0 spiro atoms. The largest absolute Gasteiger partial charge is 0.396 e. The quantitative estimate of drug-likeness (QED) is 0.258. The number of aryl methyl sites for hydroxylation is 1. The highest BCUT2D eigenvalue weighted by atomic mass is 32.1. The summed E-state index contributed by atoms with van der Waals surface area (Å²) in [6.07, 6.45) is 5.96. The van der Waals surface area contributed by atoms with Gasteiger partial charge < -0.3 is 31.1 Å². The predicted molar refractivity (Wildman–Crippen MR) is 142 cm³/mol. The van der Waals surface area contributed by atoms with Gasteiger partial charge in [-0.25, -0.2) is 9.97 Å². The van der Waals surface area contributed by atoms with Gasteiger partial charge in [0.25, 0.3) is 0 Å². The molecule has 6 rings (SSSR count). The van der Waals surface area contributed by atoms with Gasteiger partial charge >= 0.3 is 0 Å². The van der Waals surface area contributed by atoms with Crippen LogP contribution in [-0.2, 0) is 0 Å². The number of fused-ring (bicyclic) bond motifs is 1. The van der Waals surface area contributed by atoms with Gasteiger partial charge in [0.2, 0.25) is 5.95 Å². The van der Waals surface area contributed by atoms with Gasteiger partial charge in [-0.3, -0.25) is 4.98 Å². The Morgan fingerprint density at radius 1 is 1.11 bits per heavy atom. The number of hydrogen-bond donors (Lipinski definition) is 6. The monoisotopic (exact) mass is 526 g/mol. The van der Waals surface area contributed by atoms with Crippen molar-refractivity contribution in [3.05, 3.63) is 23.7 Å². The van der Waals surface area contributed by atoms with Crippen LogP contribution in [0, 0.1) is 12.8 Å². The molecule has 11 heteroatoms. The van der Waals surface area contributed by atoms with Gasteiger partial charge in [-0.15, -0.1) is 11.3 Å². The Hall–Kier alpha value is -2.44. The third kappa shape index (κ3) is 4.79. The molecular formula is C26H34N6O4S. The summed E-state index contributed by atoms with van der Waals surface area (Å²) in [5.41, 5.74) is 2.64. The molecule has 3 aromatic heterocycles. The lowest BCUT2D eigenvalue weighted by Gasteiger charge is -2.24. The van der Waals surface area contributed by atoms with Crippen LogP contribution in [0.2, 0.25) is 0 Å². The molecule has 198 valence electrons. The fourth-order valence-corrected chi connectivity index (χ4v) is 6.80. The van der Waals surface area contributed by atoms with Crippen LogP contribution in [0.3, 0.4) is 0 Å². The van der Waals surface area contributed by atoms with Crippen molar-refractivity contribution < 1.29 is 20.4 Å². The second-order valence-corrected chi connectivity index (χ2v) is 11.9. The van der Waals surface area contributed by atoms with Crippen molar-refractivity contribution in [3.8, 4) is 10.6 Å². The SMILES string of the molecule is Cc1nc(NCC2(O)CCCC2)nc(N[C@@H]2C[C@H](CO)[C@@H](O)[C@H]2O)c1-c1nc2c(C3CC3)nccc2s1. The van der Waals surface area contributed by atoms with Crippen molar-refractivity contribution in [1.82, 2.24) is 19.9 Å². The van der Waals surface area contributed by atoms with Crippen LogP contribution in [0.25, 0.3) is 20.8 Å². The number of thiazole rings is 1. The van der Waals surface area contributed by atoms with Gasteiger partial charge in [-0.05, 0) is 45.1 Å². The standard InChI is InChI=1S/C26H34N6O4S/c1-13-18(24-31-20-17(37-24)6-9-27-19(20)14-4-5-14)23(30-16-10-15(11-33)21(34)22(16)35)32-25(29-13)28-12-26(36)7-2-3-8-26/h6,9,14-16,21-22,33-36H,2-5,7-8,10-12H2,1H3,(H2,28,29,30,32)/t15-,16-,21-,22+/m1/s1. The van der Waals surface area contributed by atoms with Crippen molar-refractivity contribution >= 4 is 33.3 Å². The highest BCUT2D eigenvalue weighted by Gasteiger charge is 2.42. The van der Waals surface area contributed by atoms with E-state index in [1.807, 2.05) is 19.2 Å². The van der Waals surface area contributed by atoms with Crippen molar-refractivity contribution in [3.63, 3.8) is 0 Å². The predicted octanol–water partition coefficient (Wildman–Crippen LogP) is 2.57. The molecule has 0 aliphatic heterocycles. The van der Waals surface area contributed by atoms with E-state index in [2.05, 4.69) is 15.6 Å². The average molecular weight is 527 g/mol. The van der Waals surface area contributed by atoms with Crippen molar-refractivity contribution in [2.75, 3.05) is 23.8 Å². The number of aliphatic hydroxyl groups excluding tert-OH is 3. The summed E-state index contributed by atoms with van der Waals surface area (Å²) in [6, 6.07) is 1.48. The van der Waals surface area contributed by atoms with E-state index >= 15 is 0 Å². The summed E-state index contributed by atoms with van der Waals surface area (Å²) < 4.78 is 1.06.